The fourth-order valence-corrected chi connectivity index (χ4v) is 1.28. The molecule has 0 amide bonds. The van der Waals surface area contributed by atoms with Gasteiger partial charge in [-0.25, -0.2) is 4.39 Å². The van der Waals surface area contributed by atoms with Crippen LogP contribution in [0.1, 0.15) is 21.7 Å². The van der Waals surface area contributed by atoms with E-state index in [0.29, 0.717) is 11.1 Å². The molecule has 0 aliphatic rings. The smallest absolute Gasteiger partial charge is 0.228 e. The molecule has 0 aliphatic heterocycles. The molecular formula is C12H9FO2. The summed E-state index contributed by atoms with van der Waals surface area (Å²) in [4.78, 5) is 11.7. The summed E-state index contributed by atoms with van der Waals surface area (Å²) in [6.45, 7) is 1.65. The molecule has 1 aromatic carbocycles. The summed E-state index contributed by atoms with van der Waals surface area (Å²) in [5, 5.41) is 0. The molecule has 1 heterocycles. The average Bonchev–Trinajstić information content (AvgIpc) is 2.74. The third-order valence-corrected chi connectivity index (χ3v) is 2.18. The predicted octanol–water partition coefficient (Wildman–Crippen LogP) is 2.96. The maximum Gasteiger partial charge on any atom is 0.228 e. The SMILES string of the molecule is Cc1ccc(C(=O)c2ccco2)cc1F. The molecule has 2 nitrogen and oxygen atoms in total. The number of furan rings is 1. The van der Waals surface area contributed by atoms with E-state index in [4.69, 9.17) is 4.42 Å². The van der Waals surface area contributed by atoms with Crippen LogP contribution in [0.3, 0.4) is 0 Å². The van der Waals surface area contributed by atoms with Crippen molar-refractivity contribution in [3.63, 3.8) is 0 Å². The van der Waals surface area contributed by atoms with Crippen molar-refractivity contribution >= 4 is 5.78 Å². The zero-order valence-electron chi connectivity index (χ0n) is 8.16. The minimum atomic E-state index is -0.382. The Balaban J connectivity index is 2.39. The monoisotopic (exact) mass is 204 g/mol. The van der Waals surface area contributed by atoms with E-state index in [0.717, 1.165) is 0 Å². The zero-order chi connectivity index (χ0) is 10.8. The Kier molecular flexibility index (Phi) is 2.37. The Morgan fingerprint density at radius 2 is 2.13 bits per heavy atom. The minimum absolute atomic E-state index is 0.221. The van der Waals surface area contributed by atoms with Crippen LogP contribution in [0.4, 0.5) is 4.39 Å². The summed E-state index contributed by atoms with van der Waals surface area (Å²) in [6.07, 6.45) is 1.41. The lowest BCUT2D eigenvalue weighted by molar-refractivity contribution is 0.101. The van der Waals surface area contributed by atoms with Crippen LogP contribution in [0.2, 0.25) is 0 Å². The topological polar surface area (TPSA) is 30.2 Å². The van der Waals surface area contributed by atoms with Crippen LogP contribution >= 0.6 is 0 Å². The van der Waals surface area contributed by atoms with Crippen LogP contribution in [0.15, 0.2) is 41.0 Å². The Bertz CT molecular complexity index is 486. The summed E-state index contributed by atoms with van der Waals surface area (Å²) in [5.41, 5.74) is 0.819. The van der Waals surface area contributed by atoms with E-state index in [1.54, 1.807) is 31.2 Å². The van der Waals surface area contributed by atoms with Gasteiger partial charge in [0.05, 0.1) is 6.26 Å². The molecule has 0 saturated heterocycles. The van der Waals surface area contributed by atoms with E-state index in [1.807, 2.05) is 0 Å². The van der Waals surface area contributed by atoms with Gasteiger partial charge in [-0.1, -0.05) is 12.1 Å². The molecular weight excluding hydrogens is 195 g/mol. The zero-order valence-corrected chi connectivity index (χ0v) is 8.16. The largest absolute Gasteiger partial charge is 0.461 e. The molecule has 0 spiro atoms. The summed E-state index contributed by atoms with van der Waals surface area (Å²) in [7, 11) is 0. The van der Waals surface area contributed by atoms with Crippen molar-refractivity contribution in [1.82, 2.24) is 0 Å². The van der Waals surface area contributed by atoms with Gasteiger partial charge in [0.1, 0.15) is 5.82 Å². The maximum atomic E-state index is 13.2. The minimum Gasteiger partial charge on any atom is -0.461 e. The lowest BCUT2D eigenvalue weighted by Crippen LogP contribution is -2.00. The summed E-state index contributed by atoms with van der Waals surface area (Å²) < 4.78 is 18.1. The van der Waals surface area contributed by atoms with E-state index in [9.17, 15) is 9.18 Å². The van der Waals surface area contributed by atoms with Crippen molar-refractivity contribution in [2.45, 2.75) is 6.92 Å². The number of aryl methyl sites for hydroxylation is 1. The molecule has 0 radical (unpaired) electrons. The second-order valence-corrected chi connectivity index (χ2v) is 3.27. The third kappa shape index (κ3) is 1.81. The fourth-order valence-electron chi connectivity index (χ4n) is 1.28. The molecule has 0 N–H and O–H groups in total. The Labute approximate surface area is 86.3 Å². The number of halogens is 1. The van der Waals surface area contributed by atoms with Crippen molar-refractivity contribution in [3.05, 3.63) is 59.3 Å². The average molecular weight is 204 g/mol. The highest BCUT2D eigenvalue weighted by Crippen LogP contribution is 2.14. The van der Waals surface area contributed by atoms with Crippen molar-refractivity contribution in [1.29, 1.82) is 0 Å². The predicted molar refractivity (Wildman–Crippen MR) is 53.3 cm³/mol. The quantitative estimate of drug-likeness (QED) is 0.704. The third-order valence-electron chi connectivity index (χ3n) is 2.18. The molecule has 0 atom stereocenters. The number of benzene rings is 1. The maximum absolute atomic E-state index is 13.2. The molecule has 3 heteroatoms. The first-order valence-electron chi connectivity index (χ1n) is 4.53. The normalized spacial score (nSPS) is 10.3. The number of hydrogen-bond acceptors (Lipinski definition) is 2. The first-order valence-corrected chi connectivity index (χ1v) is 4.53. The van der Waals surface area contributed by atoms with E-state index in [-0.39, 0.29) is 17.4 Å². The summed E-state index contributed by atoms with van der Waals surface area (Å²) in [5.74, 6) is -0.468. The first-order chi connectivity index (χ1) is 7.18. The van der Waals surface area contributed by atoms with E-state index >= 15 is 0 Å². The van der Waals surface area contributed by atoms with Gasteiger partial charge in [0.25, 0.3) is 0 Å². The van der Waals surface area contributed by atoms with Gasteiger partial charge >= 0.3 is 0 Å². The second kappa shape index (κ2) is 3.69. The highest BCUT2D eigenvalue weighted by molar-refractivity contribution is 6.07. The first kappa shape index (κ1) is 9.65. The molecule has 0 bridgehead atoms. The van der Waals surface area contributed by atoms with Gasteiger partial charge in [-0.05, 0) is 30.7 Å². The molecule has 1 aromatic heterocycles. The second-order valence-electron chi connectivity index (χ2n) is 3.27. The number of ketones is 1. The highest BCUT2D eigenvalue weighted by atomic mass is 19.1. The lowest BCUT2D eigenvalue weighted by Gasteiger charge is -2.00. The van der Waals surface area contributed by atoms with Gasteiger partial charge in [0.15, 0.2) is 5.76 Å². The lowest BCUT2D eigenvalue weighted by atomic mass is 10.1. The van der Waals surface area contributed by atoms with Crippen LogP contribution in [0.25, 0.3) is 0 Å². The summed E-state index contributed by atoms with van der Waals surface area (Å²) >= 11 is 0. The number of hydrogen-bond donors (Lipinski definition) is 0. The Morgan fingerprint density at radius 1 is 1.33 bits per heavy atom. The van der Waals surface area contributed by atoms with Crippen molar-refractivity contribution in [2.24, 2.45) is 0 Å². The van der Waals surface area contributed by atoms with Crippen LogP contribution < -0.4 is 0 Å². The molecule has 0 aliphatic carbocycles. The molecule has 2 aromatic rings. The van der Waals surface area contributed by atoms with Crippen LogP contribution in [-0.4, -0.2) is 5.78 Å². The van der Waals surface area contributed by atoms with Crippen molar-refractivity contribution < 1.29 is 13.6 Å². The Hall–Kier alpha value is -1.90. The van der Waals surface area contributed by atoms with Gasteiger partial charge in [-0.15, -0.1) is 0 Å². The molecule has 0 saturated carbocycles. The van der Waals surface area contributed by atoms with Gasteiger partial charge in [0.2, 0.25) is 5.78 Å². The molecule has 76 valence electrons. The molecule has 15 heavy (non-hydrogen) atoms. The molecule has 0 unspecified atom stereocenters. The standard InChI is InChI=1S/C12H9FO2/c1-8-4-5-9(7-10(8)13)12(14)11-3-2-6-15-11/h2-7H,1H3. The van der Waals surface area contributed by atoms with Gasteiger partial charge < -0.3 is 4.42 Å². The molecule has 0 fully saturated rings. The van der Waals surface area contributed by atoms with Crippen LogP contribution in [-0.2, 0) is 0 Å². The van der Waals surface area contributed by atoms with Crippen molar-refractivity contribution in [2.75, 3.05) is 0 Å². The fraction of sp³-hybridized carbons (Fsp3) is 0.0833. The van der Waals surface area contributed by atoms with Gasteiger partial charge in [0, 0.05) is 5.56 Å². The number of carbonyl (C=O) groups is 1. The van der Waals surface area contributed by atoms with Crippen LogP contribution in [0, 0.1) is 12.7 Å². The van der Waals surface area contributed by atoms with Crippen LogP contribution in [0.5, 0.6) is 0 Å². The number of carbonyl (C=O) groups excluding carboxylic acids is 1. The molecule has 2 rings (SSSR count). The summed E-state index contributed by atoms with van der Waals surface area (Å²) in [6, 6.07) is 7.56. The van der Waals surface area contributed by atoms with E-state index in [2.05, 4.69) is 0 Å². The van der Waals surface area contributed by atoms with E-state index < -0.39 is 0 Å². The van der Waals surface area contributed by atoms with E-state index in [1.165, 1.54) is 12.3 Å². The Morgan fingerprint density at radius 3 is 2.73 bits per heavy atom. The number of rotatable bonds is 2. The van der Waals surface area contributed by atoms with Gasteiger partial charge in [-0.2, -0.15) is 0 Å². The van der Waals surface area contributed by atoms with Crippen molar-refractivity contribution in [3.8, 4) is 0 Å². The van der Waals surface area contributed by atoms with Gasteiger partial charge in [-0.3, -0.25) is 4.79 Å². The highest BCUT2D eigenvalue weighted by Gasteiger charge is 2.12.